The van der Waals surface area contributed by atoms with Crippen LogP contribution in [-0.2, 0) is 4.79 Å². The van der Waals surface area contributed by atoms with Crippen LogP contribution < -0.4 is 10.9 Å². The van der Waals surface area contributed by atoms with E-state index in [0.29, 0.717) is 10.7 Å². The maximum atomic E-state index is 12.2. The van der Waals surface area contributed by atoms with Gasteiger partial charge in [0.1, 0.15) is 6.04 Å². The number of carbonyl (C=O) groups excluding carboxylic acids is 1. The molecule has 1 unspecified atom stereocenters. The van der Waals surface area contributed by atoms with E-state index in [1.165, 1.54) is 10.6 Å². The van der Waals surface area contributed by atoms with Crippen molar-refractivity contribution in [3.8, 4) is 0 Å². The molecular weight excluding hydrogens is 344 g/mol. The third-order valence-electron chi connectivity index (χ3n) is 2.83. The highest BCUT2D eigenvalue weighted by atomic mass is 79.9. The van der Waals surface area contributed by atoms with E-state index in [1.807, 2.05) is 0 Å². The highest BCUT2D eigenvalue weighted by Crippen LogP contribution is 2.21. The van der Waals surface area contributed by atoms with Gasteiger partial charge >= 0.3 is 0 Å². The van der Waals surface area contributed by atoms with Gasteiger partial charge in [-0.15, -0.1) is 0 Å². The molecule has 0 radical (unpaired) electrons. The number of aromatic nitrogens is 1. The molecule has 0 aliphatic rings. The highest BCUT2D eigenvalue weighted by Gasteiger charge is 2.17. The minimum Gasteiger partial charge on any atom is -0.323 e. The molecule has 0 aliphatic carbocycles. The summed E-state index contributed by atoms with van der Waals surface area (Å²) in [5.74, 6) is -0.307. The zero-order valence-corrected chi connectivity index (χ0v) is 13.0. The number of anilines is 1. The van der Waals surface area contributed by atoms with Crippen LogP contribution in [0.15, 0.2) is 51.9 Å². The van der Waals surface area contributed by atoms with Crippen molar-refractivity contribution in [3.63, 3.8) is 0 Å². The largest absolute Gasteiger partial charge is 0.323 e. The Morgan fingerprint density at radius 3 is 2.70 bits per heavy atom. The van der Waals surface area contributed by atoms with Crippen molar-refractivity contribution in [3.05, 3.63) is 62.4 Å². The molecule has 0 fully saturated rings. The third-order valence-corrected chi connectivity index (χ3v) is 3.63. The van der Waals surface area contributed by atoms with Crippen LogP contribution in [0.25, 0.3) is 0 Å². The van der Waals surface area contributed by atoms with Crippen LogP contribution in [0.5, 0.6) is 0 Å². The maximum Gasteiger partial charge on any atom is 0.251 e. The van der Waals surface area contributed by atoms with E-state index in [0.717, 1.165) is 4.47 Å². The molecule has 1 aromatic carbocycles. The number of hydrogen-bond donors (Lipinski definition) is 1. The quantitative estimate of drug-likeness (QED) is 0.916. The van der Waals surface area contributed by atoms with Crippen LogP contribution >= 0.6 is 27.5 Å². The Kier molecular flexibility index (Phi) is 4.62. The predicted octanol–water partition coefficient (Wildman–Crippen LogP) is 3.46. The number of rotatable bonds is 3. The second-order valence-corrected chi connectivity index (χ2v) is 5.56. The van der Waals surface area contributed by atoms with E-state index in [9.17, 15) is 9.59 Å². The Labute approximate surface area is 129 Å². The van der Waals surface area contributed by atoms with Gasteiger partial charge in [0.05, 0.1) is 10.7 Å². The first-order valence-electron chi connectivity index (χ1n) is 5.92. The summed E-state index contributed by atoms with van der Waals surface area (Å²) in [4.78, 5) is 24.0. The van der Waals surface area contributed by atoms with Crippen LogP contribution in [0.1, 0.15) is 13.0 Å². The lowest BCUT2D eigenvalue weighted by atomic mass is 10.2. The normalized spacial score (nSPS) is 11.9. The summed E-state index contributed by atoms with van der Waals surface area (Å²) in [7, 11) is 0. The van der Waals surface area contributed by atoms with Crippen LogP contribution in [0.2, 0.25) is 5.02 Å². The van der Waals surface area contributed by atoms with Crippen molar-refractivity contribution in [1.82, 2.24) is 4.57 Å². The molecule has 0 saturated heterocycles. The van der Waals surface area contributed by atoms with Crippen LogP contribution in [0.4, 0.5) is 5.69 Å². The first-order valence-corrected chi connectivity index (χ1v) is 7.09. The minimum absolute atomic E-state index is 0.241. The first kappa shape index (κ1) is 14.8. The molecule has 104 valence electrons. The Balaban J connectivity index is 2.23. The Morgan fingerprint density at radius 1 is 1.30 bits per heavy atom. The van der Waals surface area contributed by atoms with Gasteiger partial charge in [-0.2, -0.15) is 0 Å². The monoisotopic (exact) mass is 354 g/mol. The predicted molar refractivity (Wildman–Crippen MR) is 83.2 cm³/mol. The van der Waals surface area contributed by atoms with Gasteiger partial charge < -0.3 is 9.88 Å². The number of para-hydroxylation sites is 1. The summed E-state index contributed by atoms with van der Waals surface area (Å²) in [6.45, 7) is 1.65. The van der Waals surface area contributed by atoms with Crippen molar-refractivity contribution < 1.29 is 4.79 Å². The third kappa shape index (κ3) is 3.29. The number of carbonyl (C=O) groups is 1. The molecule has 1 heterocycles. The molecule has 4 nitrogen and oxygen atoms in total. The van der Waals surface area contributed by atoms with Crippen molar-refractivity contribution in [2.24, 2.45) is 0 Å². The molecule has 1 amide bonds. The molecule has 1 atom stereocenters. The van der Waals surface area contributed by atoms with Gasteiger partial charge in [0.25, 0.3) is 5.56 Å². The molecule has 1 aromatic heterocycles. The minimum atomic E-state index is -0.642. The van der Waals surface area contributed by atoms with E-state index in [-0.39, 0.29) is 11.5 Å². The lowest BCUT2D eigenvalue weighted by Crippen LogP contribution is -2.30. The number of hydrogen-bond acceptors (Lipinski definition) is 2. The second-order valence-electron chi connectivity index (χ2n) is 4.24. The van der Waals surface area contributed by atoms with Gasteiger partial charge in [-0.25, -0.2) is 0 Å². The number of nitrogens with zero attached hydrogens (tertiary/aromatic N) is 1. The zero-order chi connectivity index (χ0) is 14.7. The average molecular weight is 356 g/mol. The smallest absolute Gasteiger partial charge is 0.251 e. The van der Waals surface area contributed by atoms with E-state index in [1.54, 1.807) is 43.5 Å². The fourth-order valence-corrected chi connectivity index (χ4v) is 2.24. The summed E-state index contributed by atoms with van der Waals surface area (Å²) in [5, 5.41) is 3.16. The molecule has 2 rings (SSSR count). The SMILES string of the molecule is CC(C(=O)Nc1ccccc1Cl)n1cc(Br)ccc1=O. The Morgan fingerprint density at radius 2 is 2.00 bits per heavy atom. The lowest BCUT2D eigenvalue weighted by Gasteiger charge is -2.15. The van der Waals surface area contributed by atoms with Crippen LogP contribution in [0, 0.1) is 0 Å². The molecule has 2 aromatic rings. The number of amides is 1. The standard InChI is InChI=1S/C14H12BrClN2O2/c1-9(18-8-10(15)6-7-13(18)19)14(20)17-12-5-3-2-4-11(12)16/h2-9H,1H3,(H,17,20). The summed E-state index contributed by atoms with van der Waals surface area (Å²) < 4.78 is 2.09. The second kappa shape index (κ2) is 6.24. The number of pyridine rings is 1. The van der Waals surface area contributed by atoms with Crippen molar-refractivity contribution in [2.45, 2.75) is 13.0 Å². The van der Waals surface area contributed by atoms with Gasteiger partial charge in [-0.3, -0.25) is 9.59 Å². The summed E-state index contributed by atoms with van der Waals surface area (Å²) in [6.07, 6.45) is 1.58. The van der Waals surface area contributed by atoms with Crippen molar-refractivity contribution in [2.75, 3.05) is 5.32 Å². The molecule has 0 bridgehead atoms. The molecule has 0 spiro atoms. The number of nitrogens with one attached hydrogen (secondary N) is 1. The van der Waals surface area contributed by atoms with Gasteiger partial charge in [0.2, 0.25) is 5.91 Å². The van der Waals surface area contributed by atoms with Crippen molar-refractivity contribution >= 4 is 39.1 Å². The van der Waals surface area contributed by atoms with Crippen LogP contribution in [-0.4, -0.2) is 10.5 Å². The van der Waals surface area contributed by atoms with Crippen molar-refractivity contribution in [1.29, 1.82) is 0 Å². The average Bonchev–Trinajstić information content (AvgIpc) is 2.43. The van der Waals surface area contributed by atoms with Gasteiger partial charge in [-0.05, 0) is 41.1 Å². The summed E-state index contributed by atoms with van der Waals surface area (Å²) >= 11 is 9.26. The summed E-state index contributed by atoms with van der Waals surface area (Å²) in [5.41, 5.74) is 0.282. The van der Waals surface area contributed by atoms with E-state index in [4.69, 9.17) is 11.6 Å². The molecule has 0 aliphatic heterocycles. The van der Waals surface area contributed by atoms with E-state index in [2.05, 4.69) is 21.2 Å². The van der Waals surface area contributed by atoms with E-state index < -0.39 is 6.04 Å². The van der Waals surface area contributed by atoms with Crippen LogP contribution in [0.3, 0.4) is 0 Å². The molecular formula is C14H12BrClN2O2. The highest BCUT2D eigenvalue weighted by molar-refractivity contribution is 9.10. The summed E-state index contributed by atoms with van der Waals surface area (Å²) in [6, 6.07) is 9.35. The Bertz CT molecular complexity index is 700. The molecule has 1 N–H and O–H groups in total. The van der Waals surface area contributed by atoms with Gasteiger partial charge in [0, 0.05) is 16.7 Å². The molecule has 20 heavy (non-hydrogen) atoms. The lowest BCUT2D eigenvalue weighted by molar-refractivity contribution is -0.118. The topological polar surface area (TPSA) is 51.1 Å². The first-order chi connectivity index (χ1) is 9.49. The number of benzene rings is 1. The fourth-order valence-electron chi connectivity index (χ4n) is 1.71. The van der Waals surface area contributed by atoms with Gasteiger partial charge in [-0.1, -0.05) is 23.7 Å². The van der Waals surface area contributed by atoms with E-state index >= 15 is 0 Å². The fraction of sp³-hybridized carbons (Fsp3) is 0.143. The van der Waals surface area contributed by atoms with Gasteiger partial charge in [0.15, 0.2) is 0 Å². The maximum absolute atomic E-state index is 12.2. The zero-order valence-electron chi connectivity index (χ0n) is 10.6. The molecule has 6 heteroatoms. The number of halogens is 2. The molecule has 0 saturated carbocycles. The Hall–Kier alpha value is -1.59.